The summed E-state index contributed by atoms with van der Waals surface area (Å²) in [6.45, 7) is 0. The monoisotopic (exact) mass is 366 g/mol. The van der Waals surface area contributed by atoms with Gasteiger partial charge >= 0.3 is 0 Å². The largest absolute Gasteiger partial charge is 0.411 e. The van der Waals surface area contributed by atoms with Crippen LogP contribution in [0.1, 0.15) is 5.69 Å². The number of benzene rings is 2. The molecule has 5 nitrogen and oxygen atoms in total. The van der Waals surface area contributed by atoms with Crippen LogP contribution in [0, 0.1) is 0 Å². The maximum atomic E-state index is 5.69. The summed E-state index contributed by atoms with van der Waals surface area (Å²) in [5.41, 5.74) is 2.93. The molecule has 2 aromatic heterocycles. The first-order valence-corrected chi connectivity index (χ1v) is 9.51. The molecule has 4 rings (SSSR count). The number of hydrogen-bond acceptors (Lipinski definition) is 7. The van der Waals surface area contributed by atoms with E-state index in [1.165, 1.54) is 11.8 Å². The topological polar surface area (TPSA) is 63.8 Å². The average Bonchev–Trinajstić information content (AvgIpc) is 3.31. The van der Waals surface area contributed by atoms with Crippen LogP contribution in [-0.4, -0.2) is 15.2 Å². The Labute approximate surface area is 153 Å². The number of aromatic nitrogens is 3. The standard InChI is InChI=1S/C18H14N4OS2/c1-3-7-13(8-4-1)16-21-22-18(23-16)25-12-15-11-24-17(20-15)19-14-9-5-2-6-10-14/h1-11H,12H2,(H,19,20). The van der Waals surface area contributed by atoms with Crippen molar-refractivity contribution in [3.05, 3.63) is 71.7 Å². The van der Waals surface area contributed by atoms with Crippen LogP contribution in [0.2, 0.25) is 0 Å². The predicted molar refractivity (Wildman–Crippen MR) is 101 cm³/mol. The van der Waals surface area contributed by atoms with E-state index in [0.29, 0.717) is 16.9 Å². The highest BCUT2D eigenvalue weighted by atomic mass is 32.2. The summed E-state index contributed by atoms with van der Waals surface area (Å²) in [4.78, 5) is 4.58. The zero-order valence-electron chi connectivity index (χ0n) is 13.1. The highest BCUT2D eigenvalue weighted by molar-refractivity contribution is 7.98. The van der Waals surface area contributed by atoms with E-state index >= 15 is 0 Å². The van der Waals surface area contributed by atoms with Crippen molar-refractivity contribution in [2.45, 2.75) is 11.0 Å². The van der Waals surface area contributed by atoms with Crippen LogP contribution in [0.15, 0.2) is 75.7 Å². The maximum absolute atomic E-state index is 5.69. The predicted octanol–water partition coefficient (Wildman–Crippen LogP) is 5.23. The van der Waals surface area contributed by atoms with Crippen LogP contribution in [0.25, 0.3) is 11.5 Å². The number of nitrogens with zero attached hydrogens (tertiary/aromatic N) is 3. The van der Waals surface area contributed by atoms with E-state index in [9.17, 15) is 0 Å². The number of nitrogens with one attached hydrogen (secondary N) is 1. The Balaban J connectivity index is 1.37. The molecular weight excluding hydrogens is 352 g/mol. The van der Waals surface area contributed by atoms with Gasteiger partial charge in [0.25, 0.3) is 5.22 Å². The van der Waals surface area contributed by atoms with Crippen molar-refractivity contribution >= 4 is 33.9 Å². The lowest BCUT2D eigenvalue weighted by Gasteiger charge is -2.00. The first-order chi connectivity index (χ1) is 12.4. The maximum Gasteiger partial charge on any atom is 0.277 e. The zero-order valence-corrected chi connectivity index (χ0v) is 14.8. The number of hydrogen-bond donors (Lipinski definition) is 1. The van der Waals surface area contributed by atoms with E-state index in [1.54, 1.807) is 11.3 Å². The van der Waals surface area contributed by atoms with Crippen molar-refractivity contribution in [2.24, 2.45) is 0 Å². The molecule has 0 saturated carbocycles. The van der Waals surface area contributed by atoms with Crippen LogP contribution in [0.5, 0.6) is 0 Å². The fraction of sp³-hybridized carbons (Fsp3) is 0.0556. The Kier molecular flexibility index (Phi) is 4.76. The summed E-state index contributed by atoms with van der Waals surface area (Å²) < 4.78 is 5.69. The Morgan fingerprint density at radius 2 is 1.72 bits per heavy atom. The molecule has 2 aromatic carbocycles. The molecule has 0 aliphatic heterocycles. The highest BCUT2D eigenvalue weighted by Crippen LogP contribution is 2.27. The average molecular weight is 366 g/mol. The molecule has 4 aromatic rings. The van der Waals surface area contributed by atoms with Gasteiger partial charge in [0.15, 0.2) is 5.13 Å². The minimum absolute atomic E-state index is 0.535. The fourth-order valence-corrected chi connectivity index (χ4v) is 3.67. The summed E-state index contributed by atoms with van der Waals surface area (Å²) in [5.74, 6) is 1.22. The van der Waals surface area contributed by atoms with Crippen molar-refractivity contribution in [3.63, 3.8) is 0 Å². The van der Waals surface area contributed by atoms with E-state index in [2.05, 4.69) is 20.5 Å². The third kappa shape index (κ3) is 4.07. The second-order valence-corrected chi connectivity index (χ2v) is 6.95. The van der Waals surface area contributed by atoms with E-state index in [0.717, 1.165) is 22.1 Å². The van der Waals surface area contributed by atoms with Gasteiger partial charge in [0, 0.05) is 22.4 Å². The number of anilines is 2. The van der Waals surface area contributed by atoms with Crippen LogP contribution < -0.4 is 5.32 Å². The number of thioether (sulfide) groups is 1. The highest BCUT2D eigenvalue weighted by Gasteiger charge is 2.10. The summed E-state index contributed by atoms with van der Waals surface area (Å²) in [6, 6.07) is 19.7. The van der Waals surface area contributed by atoms with Gasteiger partial charge in [-0.3, -0.25) is 0 Å². The molecular formula is C18H14N4OS2. The number of thiazole rings is 1. The van der Waals surface area contributed by atoms with Crippen molar-refractivity contribution < 1.29 is 4.42 Å². The molecule has 0 fully saturated rings. The minimum atomic E-state index is 0.535. The SMILES string of the molecule is c1ccc(Nc2nc(CSc3nnc(-c4ccccc4)o3)cs2)cc1. The summed E-state index contributed by atoms with van der Waals surface area (Å²) in [5, 5.41) is 14.9. The van der Waals surface area contributed by atoms with Gasteiger partial charge < -0.3 is 9.73 Å². The molecule has 0 atom stereocenters. The first-order valence-electron chi connectivity index (χ1n) is 7.65. The molecule has 1 N–H and O–H groups in total. The van der Waals surface area contributed by atoms with Gasteiger partial charge in [0.1, 0.15) is 0 Å². The number of rotatable bonds is 6. The van der Waals surface area contributed by atoms with Crippen LogP contribution in [0.3, 0.4) is 0 Å². The molecule has 0 unspecified atom stereocenters. The molecule has 7 heteroatoms. The van der Waals surface area contributed by atoms with Crippen molar-refractivity contribution in [3.8, 4) is 11.5 Å². The molecule has 0 radical (unpaired) electrons. The normalized spacial score (nSPS) is 10.7. The summed E-state index contributed by atoms with van der Waals surface area (Å²) >= 11 is 3.06. The molecule has 0 bridgehead atoms. The fourth-order valence-electron chi connectivity index (χ4n) is 2.18. The Bertz CT molecular complexity index is 938. The lowest BCUT2D eigenvalue weighted by atomic mass is 10.2. The van der Waals surface area contributed by atoms with Crippen LogP contribution >= 0.6 is 23.1 Å². The lowest BCUT2D eigenvalue weighted by molar-refractivity contribution is 0.466. The molecule has 0 aliphatic rings. The smallest absolute Gasteiger partial charge is 0.277 e. The summed E-state index contributed by atoms with van der Waals surface area (Å²) in [6.07, 6.45) is 0. The van der Waals surface area contributed by atoms with Crippen LogP contribution in [-0.2, 0) is 5.75 Å². The third-order valence-corrected chi connectivity index (χ3v) is 5.01. The van der Waals surface area contributed by atoms with Crippen LogP contribution in [0.4, 0.5) is 10.8 Å². The van der Waals surface area contributed by atoms with Gasteiger partial charge in [-0.2, -0.15) is 0 Å². The number of para-hydroxylation sites is 1. The molecule has 0 amide bonds. The third-order valence-electron chi connectivity index (χ3n) is 3.35. The van der Waals surface area contributed by atoms with E-state index in [4.69, 9.17) is 4.42 Å². The van der Waals surface area contributed by atoms with E-state index in [-0.39, 0.29) is 0 Å². The van der Waals surface area contributed by atoms with Gasteiger partial charge in [-0.25, -0.2) is 4.98 Å². The molecule has 25 heavy (non-hydrogen) atoms. The second kappa shape index (κ2) is 7.50. The second-order valence-electron chi connectivity index (χ2n) is 5.16. The van der Waals surface area contributed by atoms with Gasteiger partial charge in [-0.1, -0.05) is 48.2 Å². The molecule has 2 heterocycles. The van der Waals surface area contributed by atoms with E-state index in [1.807, 2.05) is 66.0 Å². The van der Waals surface area contributed by atoms with Gasteiger partial charge in [-0.05, 0) is 24.3 Å². The van der Waals surface area contributed by atoms with Crippen molar-refractivity contribution in [1.29, 1.82) is 0 Å². The molecule has 0 saturated heterocycles. The zero-order chi connectivity index (χ0) is 16.9. The lowest BCUT2D eigenvalue weighted by Crippen LogP contribution is -1.89. The Morgan fingerprint density at radius 1 is 0.960 bits per heavy atom. The van der Waals surface area contributed by atoms with Gasteiger partial charge in [0.05, 0.1) is 5.69 Å². The molecule has 0 aliphatic carbocycles. The van der Waals surface area contributed by atoms with E-state index < -0.39 is 0 Å². The quantitative estimate of drug-likeness (QED) is 0.472. The summed E-state index contributed by atoms with van der Waals surface area (Å²) in [7, 11) is 0. The Hall–Kier alpha value is -2.64. The van der Waals surface area contributed by atoms with Gasteiger partial charge in [-0.15, -0.1) is 21.5 Å². The van der Waals surface area contributed by atoms with Crippen molar-refractivity contribution in [1.82, 2.24) is 15.2 Å². The van der Waals surface area contributed by atoms with Crippen molar-refractivity contribution in [2.75, 3.05) is 5.32 Å². The molecule has 0 spiro atoms. The first kappa shape index (κ1) is 15.9. The van der Waals surface area contributed by atoms with Gasteiger partial charge in [0.2, 0.25) is 5.89 Å². The Morgan fingerprint density at radius 3 is 2.52 bits per heavy atom. The minimum Gasteiger partial charge on any atom is -0.411 e. The molecule has 124 valence electrons.